The number of rotatable bonds is 9. The van der Waals surface area contributed by atoms with Gasteiger partial charge in [0.2, 0.25) is 0 Å². The minimum atomic E-state index is -0.446. The summed E-state index contributed by atoms with van der Waals surface area (Å²) in [6.45, 7) is 0. The van der Waals surface area contributed by atoms with Crippen molar-refractivity contribution in [3.8, 4) is 0 Å². The van der Waals surface area contributed by atoms with Crippen LogP contribution in [0.5, 0.6) is 0 Å². The molecule has 0 saturated carbocycles. The first-order valence-electron chi connectivity index (χ1n) is 19.8. The summed E-state index contributed by atoms with van der Waals surface area (Å²) in [7, 11) is -1.34. The van der Waals surface area contributed by atoms with E-state index in [9.17, 15) is 4.79 Å². The average Bonchev–Trinajstić information content (AvgIpc) is 3.33. The fourth-order valence-electron chi connectivity index (χ4n) is 6.54. The van der Waals surface area contributed by atoms with E-state index in [2.05, 4.69) is 273 Å². The van der Waals surface area contributed by atoms with Gasteiger partial charge in [-0.25, -0.2) is 0 Å². The maximum atomic E-state index is 9.42. The molecule has 0 aliphatic rings. The molecule has 0 heterocycles. The summed E-state index contributed by atoms with van der Waals surface area (Å²) in [5, 5.41) is 12.6. The Morgan fingerprint density at radius 3 is 0.410 bits per heavy atom. The van der Waals surface area contributed by atoms with Gasteiger partial charge in [-0.2, -0.15) is 0 Å². The zero-order chi connectivity index (χ0) is 42.3. The van der Waals surface area contributed by atoms with Crippen LogP contribution in [0.25, 0.3) is 0 Å². The van der Waals surface area contributed by atoms with E-state index in [1.54, 1.807) is 40.9 Å². The van der Waals surface area contributed by atoms with Crippen molar-refractivity contribution < 1.29 is 23.1 Å². The van der Waals surface area contributed by atoms with E-state index in [1.165, 1.54) is 47.7 Å². The van der Waals surface area contributed by atoms with Crippen LogP contribution in [0.15, 0.2) is 273 Å². The Balaban J connectivity index is 0.000000146. The zero-order valence-corrected chi connectivity index (χ0v) is 40.2. The molecule has 0 spiro atoms. The van der Waals surface area contributed by atoms with Gasteiger partial charge in [-0.1, -0.05) is 273 Å². The Bertz CT molecular complexity index is 1970. The topological polar surface area (TPSA) is 17.1 Å². The second-order valence-corrected chi connectivity index (χ2v) is 23.5. The molecule has 0 unspecified atom stereocenters. The second kappa shape index (κ2) is 25.9. The van der Waals surface area contributed by atoms with Crippen molar-refractivity contribution in [3.05, 3.63) is 273 Å². The predicted molar refractivity (Wildman–Crippen MR) is 276 cm³/mol. The van der Waals surface area contributed by atoms with E-state index in [-0.39, 0.29) is 2.38 Å². The van der Waals surface area contributed by atoms with Crippen LogP contribution in [0.1, 0.15) is 0 Å². The molecular formula is C55H46IOP3Ru. The summed E-state index contributed by atoms with van der Waals surface area (Å²) in [5.41, 5.74) is 0. The first kappa shape index (κ1) is 45.8. The minimum Gasteiger partial charge on any atom is -0.0622 e. The van der Waals surface area contributed by atoms with E-state index in [4.69, 9.17) is 0 Å². The Morgan fingerprint density at radius 1 is 0.246 bits per heavy atom. The van der Waals surface area contributed by atoms with Gasteiger partial charge in [-0.05, 0) is 71.5 Å². The van der Waals surface area contributed by atoms with Gasteiger partial charge in [0.1, 0.15) is 0 Å². The summed E-state index contributed by atoms with van der Waals surface area (Å²) in [5.74, 6) is 0. The standard InChI is InChI=1S/3C18H15P.CIO.Ru.H/c3*1-4-10-16(11-5-1)19(17-12-6-2-7-13-17)18-14-8-3-9-15-18;2-1-3;;/h3*1-15H;;;. The smallest absolute Gasteiger partial charge is 0.0134 e. The van der Waals surface area contributed by atoms with Crippen molar-refractivity contribution in [1.29, 1.82) is 0 Å². The van der Waals surface area contributed by atoms with E-state index < -0.39 is 23.8 Å². The van der Waals surface area contributed by atoms with Crippen molar-refractivity contribution in [1.82, 2.24) is 0 Å². The molecule has 302 valence electrons. The summed E-state index contributed by atoms with van der Waals surface area (Å²) >= 11 is 3.38. The van der Waals surface area contributed by atoms with Crippen molar-refractivity contribution in [2.45, 2.75) is 0 Å². The van der Waals surface area contributed by atoms with Gasteiger partial charge in [0, 0.05) is 0 Å². The molecule has 9 aromatic carbocycles. The van der Waals surface area contributed by atoms with E-state index >= 15 is 0 Å². The maximum absolute atomic E-state index is 9.42. The maximum Gasteiger partial charge on any atom is -0.0134 e. The molecular weight excluding hydrogens is 997 g/mol. The molecule has 0 radical (unpaired) electrons. The number of benzene rings is 9. The first-order chi connectivity index (χ1) is 30.1. The zero-order valence-electron chi connectivity index (χ0n) is 33.5. The Kier molecular flexibility index (Phi) is 19.5. The van der Waals surface area contributed by atoms with E-state index in [0.717, 1.165) is 0 Å². The van der Waals surface area contributed by atoms with Crippen LogP contribution in [0.4, 0.5) is 4.79 Å². The van der Waals surface area contributed by atoms with Crippen LogP contribution in [-0.4, -0.2) is 2.38 Å². The van der Waals surface area contributed by atoms with Crippen LogP contribution in [-0.2, 0) is 18.3 Å². The molecule has 1 nitrogen and oxygen atoms in total. The number of hydrogen-bond donors (Lipinski definition) is 0. The van der Waals surface area contributed by atoms with Crippen molar-refractivity contribution in [2.24, 2.45) is 0 Å². The molecule has 0 bridgehead atoms. The Labute approximate surface area is 389 Å². The third kappa shape index (κ3) is 14.7. The molecule has 0 fully saturated rings. The van der Waals surface area contributed by atoms with Gasteiger partial charge < -0.3 is 0 Å². The number of halogens is 1. The SMILES string of the molecule is O=[C]([RuH])I.c1ccc(P(c2ccccc2)c2ccccc2)cc1.c1ccc(P(c2ccccc2)c2ccccc2)cc1.c1ccc(P(c2ccccc2)c2ccccc2)cc1. The van der Waals surface area contributed by atoms with Crippen molar-refractivity contribution >= 4 is 96.5 Å². The molecule has 0 saturated heterocycles. The van der Waals surface area contributed by atoms with Gasteiger partial charge >= 0.3 is 48.1 Å². The van der Waals surface area contributed by atoms with Crippen molar-refractivity contribution in [3.63, 3.8) is 0 Å². The number of carbonyl (C=O) groups is 1. The van der Waals surface area contributed by atoms with E-state index in [1.807, 2.05) is 0 Å². The normalized spacial score (nSPS) is 10.3. The van der Waals surface area contributed by atoms with Gasteiger partial charge in [0.05, 0.1) is 0 Å². The largest absolute Gasteiger partial charge is 0.0622 e. The molecule has 0 aliphatic carbocycles. The van der Waals surface area contributed by atoms with E-state index in [0.29, 0.717) is 0 Å². The molecule has 61 heavy (non-hydrogen) atoms. The minimum absolute atomic E-state index is 0.107. The quantitative estimate of drug-likeness (QED) is 0.0609. The van der Waals surface area contributed by atoms with Crippen molar-refractivity contribution in [2.75, 3.05) is 0 Å². The molecule has 0 N–H and O–H groups in total. The fraction of sp³-hybridized carbons (Fsp3) is 0. The van der Waals surface area contributed by atoms with Gasteiger partial charge in [0.25, 0.3) is 0 Å². The summed E-state index contributed by atoms with van der Waals surface area (Å²) in [6.07, 6.45) is 0. The molecule has 0 amide bonds. The monoisotopic (exact) mass is 1040 g/mol. The Hall–Kier alpha value is -4.71. The third-order valence-corrected chi connectivity index (χ3v) is 16.5. The van der Waals surface area contributed by atoms with Crippen LogP contribution in [0, 0.1) is 0 Å². The van der Waals surface area contributed by atoms with Crippen LogP contribution >= 0.6 is 46.4 Å². The van der Waals surface area contributed by atoms with Crippen LogP contribution in [0.3, 0.4) is 0 Å². The number of hydrogen-bond acceptors (Lipinski definition) is 1. The molecule has 0 aromatic heterocycles. The third-order valence-electron chi connectivity index (χ3n) is 9.13. The molecule has 9 rings (SSSR count). The molecule has 0 atom stereocenters. The van der Waals surface area contributed by atoms with Crippen LogP contribution < -0.4 is 47.7 Å². The fourth-order valence-corrected chi connectivity index (χ4v) is 13.5. The molecule has 0 aliphatic heterocycles. The second-order valence-electron chi connectivity index (χ2n) is 13.3. The molecule has 6 heteroatoms. The summed E-state index contributed by atoms with van der Waals surface area (Å²) in [6, 6.07) is 97.0. The first-order valence-corrected chi connectivity index (χ1v) is 25.8. The molecule has 9 aromatic rings. The average molecular weight is 1040 g/mol. The predicted octanol–water partition coefficient (Wildman–Crippen LogP) is 11.2. The Morgan fingerprint density at radius 2 is 0.328 bits per heavy atom. The summed E-state index contributed by atoms with van der Waals surface area (Å²) in [4.78, 5) is 9.42. The van der Waals surface area contributed by atoms with Crippen LogP contribution in [0.2, 0.25) is 0 Å². The van der Waals surface area contributed by atoms with Gasteiger partial charge in [0.15, 0.2) is 0 Å². The number of carbonyl (C=O) groups excluding carboxylic acids is 1. The van der Waals surface area contributed by atoms with Gasteiger partial charge in [-0.3, -0.25) is 0 Å². The van der Waals surface area contributed by atoms with Gasteiger partial charge in [-0.15, -0.1) is 0 Å². The summed E-state index contributed by atoms with van der Waals surface area (Å²) < 4.78 is 0.107.